The Morgan fingerprint density at radius 2 is 2.12 bits per heavy atom. The first-order chi connectivity index (χ1) is 7.83. The zero-order chi connectivity index (χ0) is 11.6. The van der Waals surface area contributed by atoms with Crippen molar-refractivity contribution in [3.05, 3.63) is 0 Å². The molecule has 6 heteroatoms. The molecule has 6 nitrogen and oxygen atoms in total. The van der Waals surface area contributed by atoms with Gasteiger partial charge in [0.2, 0.25) is 5.91 Å². The highest BCUT2D eigenvalue weighted by molar-refractivity contribution is 5.78. The van der Waals surface area contributed by atoms with Crippen LogP contribution in [-0.4, -0.2) is 52.0 Å². The third-order valence-electron chi connectivity index (χ3n) is 2.31. The summed E-state index contributed by atoms with van der Waals surface area (Å²) in [5.74, 6) is -0.0516. The second kappa shape index (κ2) is 8.46. The van der Waals surface area contributed by atoms with E-state index in [1.165, 1.54) is 0 Å². The second-order valence-corrected chi connectivity index (χ2v) is 3.62. The van der Waals surface area contributed by atoms with Gasteiger partial charge in [0, 0.05) is 26.4 Å². The number of rotatable bonds is 7. The van der Waals surface area contributed by atoms with Gasteiger partial charge in [-0.3, -0.25) is 9.63 Å². The highest BCUT2D eigenvalue weighted by atomic mass is 16.7. The number of carbonyl (C=O) groups is 1. The molecule has 1 saturated heterocycles. The lowest BCUT2D eigenvalue weighted by Gasteiger charge is -2.23. The van der Waals surface area contributed by atoms with Gasteiger partial charge < -0.3 is 14.8 Å². The largest absolute Gasteiger partial charge is 0.382 e. The SMILES string of the molecule is COCCONCC(=O)NC1CCOCC1. The zero-order valence-electron chi connectivity index (χ0n) is 9.66. The number of carbonyl (C=O) groups excluding carboxylic acids is 1. The molecular weight excluding hydrogens is 212 g/mol. The molecule has 1 aliphatic heterocycles. The maximum atomic E-state index is 11.4. The van der Waals surface area contributed by atoms with Gasteiger partial charge in [0.1, 0.15) is 0 Å². The monoisotopic (exact) mass is 232 g/mol. The van der Waals surface area contributed by atoms with E-state index in [1.54, 1.807) is 7.11 Å². The topological polar surface area (TPSA) is 68.8 Å². The maximum Gasteiger partial charge on any atom is 0.236 e. The van der Waals surface area contributed by atoms with Crippen molar-refractivity contribution in [1.29, 1.82) is 0 Å². The Morgan fingerprint density at radius 1 is 1.38 bits per heavy atom. The molecule has 0 spiro atoms. The third kappa shape index (κ3) is 6.02. The Bertz CT molecular complexity index is 195. The molecule has 0 atom stereocenters. The Morgan fingerprint density at radius 3 is 2.81 bits per heavy atom. The molecule has 0 aliphatic carbocycles. The predicted octanol–water partition coefficient (Wildman–Crippen LogP) is -0.551. The first-order valence-corrected chi connectivity index (χ1v) is 5.53. The van der Waals surface area contributed by atoms with Crippen LogP contribution in [0.4, 0.5) is 0 Å². The molecule has 0 radical (unpaired) electrons. The van der Waals surface area contributed by atoms with Gasteiger partial charge in [0.05, 0.1) is 19.8 Å². The summed E-state index contributed by atoms with van der Waals surface area (Å²) in [7, 11) is 1.60. The number of hydrogen-bond acceptors (Lipinski definition) is 5. The van der Waals surface area contributed by atoms with Crippen LogP contribution in [0, 0.1) is 0 Å². The molecule has 2 N–H and O–H groups in total. The van der Waals surface area contributed by atoms with Crippen LogP contribution in [0.15, 0.2) is 0 Å². The summed E-state index contributed by atoms with van der Waals surface area (Å²) in [5.41, 5.74) is 2.59. The van der Waals surface area contributed by atoms with Crippen LogP contribution in [-0.2, 0) is 19.1 Å². The molecule has 0 aromatic carbocycles. The van der Waals surface area contributed by atoms with Crippen molar-refractivity contribution in [3.63, 3.8) is 0 Å². The molecular formula is C10H20N2O4. The van der Waals surface area contributed by atoms with Gasteiger partial charge in [0.25, 0.3) is 0 Å². The number of methoxy groups -OCH3 is 1. The average molecular weight is 232 g/mol. The predicted molar refractivity (Wildman–Crippen MR) is 57.8 cm³/mol. The Balaban J connectivity index is 1.97. The highest BCUT2D eigenvalue weighted by Crippen LogP contribution is 2.05. The molecule has 1 heterocycles. The van der Waals surface area contributed by atoms with Gasteiger partial charge in [-0.05, 0) is 12.8 Å². The summed E-state index contributed by atoms with van der Waals surface area (Å²) in [6.45, 7) is 2.56. The zero-order valence-corrected chi connectivity index (χ0v) is 9.66. The van der Waals surface area contributed by atoms with Crippen molar-refractivity contribution in [2.75, 3.05) is 40.1 Å². The number of hydroxylamine groups is 1. The lowest BCUT2D eigenvalue weighted by atomic mass is 10.1. The number of amides is 1. The molecule has 16 heavy (non-hydrogen) atoms. The quantitative estimate of drug-likeness (QED) is 0.455. The molecule has 94 valence electrons. The van der Waals surface area contributed by atoms with Crippen molar-refractivity contribution in [2.24, 2.45) is 0 Å². The highest BCUT2D eigenvalue weighted by Gasteiger charge is 2.15. The maximum absolute atomic E-state index is 11.4. The van der Waals surface area contributed by atoms with E-state index in [0.717, 1.165) is 26.1 Å². The summed E-state index contributed by atoms with van der Waals surface area (Å²) in [6, 6.07) is 0.238. The third-order valence-corrected chi connectivity index (χ3v) is 2.31. The molecule has 1 aliphatic rings. The first-order valence-electron chi connectivity index (χ1n) is 5.53. The van der Waals surface area contributed by atoms with Gasteiger partial charge in [-0.2, -0.15) is 5.48 Å². The van der Waals surface area contributed by atoms with Crippen molar-refractivity contribution in [3.8, 4) is 0 Å². The summed E-state index contributed by atoms with van der Waals surface area (Å²) in [4.78, 5) is 16.4. The van der Waals surface area contributed by atoms with E-state index in [-0.39, 0.29) is 18.5 Å². The first kappa shape index (κ1) is 13.4. The molecule has 0 aromatic rings. The van der Waals surface area contributed by atoms with Gasteiger partial charge in [-0.25, -0.2) is 0 Å². The van der Waals surface area contributed by atoms with E-state index >= 15 is 0 Å². The van der Waals surface area contributed by atoms with Gasteiger partial charge in [0.15, 0.2) is 0 Å². The molecule has 0 unspecified atom stereocenters. The van der Waals surface area contributed by atoms with E-state index in [9.17, 15) is 4.79 Å². The Labute approximate surface area is 95.6 Å². The molecule has 1 rings (SSSR count). The van der Waals surface area contributed by atoms with Gasteiger partial charge in [-0.1, -0.05) is 0 Å². The summed E-state index contributed by atoms with van der Waals surface area (Å²) >= 11 is 0. The Kier molecular flexibility index (Phi) is 7.07. The van der Waals surface area contributed by atoms with Crippen molar-refractivity contribution in [2.45, 2.75) is 18.9 Å². The van der Waals surface area contributed by atoms with Crippen LogP contribution in [0.25, 0.3) is 0 Å². The summed E-state index contributed by atoms with van der Waals surface area (Å²) < 4.78 is 9.99. The van der Waals surface area contributed by atoms with Crippen LogP contribution in [0.5, 0.6) is 0 Å². The van der Waals surface area contributed by atoms with Crippen LogP contribution >= 0.6 is 0 Å². The minimum absolute atomic E-state index is 0.0516. The second-order valence-electron chi connectivity index (χ2n) is 3.62. The van der Waals surface area contributed by atoms with E-state index in [1.807, 2.05) is 0 Å². The van der Waals surface area contributed by atoms with E-state index < -0.39 is 0 Å². The van der Waals surface area contributed by atoms with Crippen molar-refractivity contribution < 1.29 is 19.1 Å². The molecule has 0 bridgehead atoms. The Hall–Kier alpha value is -0.690. The minimum atomic E-state index is -0.0516. The normalized spacial score (nSPS) is 17.3. The van der Waals surface area contributed by atoms with Crippen molar-refractivity contribution >= 4 is 5.91 Å². The smallest absolute Gasteiger partial charge is 0.236 e. The molecule has 0 aromatic heterocycles. The lowest BCUT2D eigenvalue weighted by Crippen LogP contribution is -2.43. The van der Waals surface area contributed by atoms with E-state index in [2.05, 4.69) is 10.8 Å². The van der Waals surface area contributed by atoms with Crippen LogP contribution < -0.4 is 10.8 Å². The molecule has 1 fully saturated rings. The van der Waals surface area contributed by atoms with Crippen LogP contribution in [0.1, 0.15) is 12.8 Å². The lowest BCUT2D eigenvalue weighted by molar-refractivity contribution is -0.124. The van der Waals surface area contributed by atoms with E-state index in [4.69, 9.17) is 14.3 Å². The molecule has 0 saturated carbocycles. The standard InChI is InChI=1S/C10H20N2O4/c1-14-6-7-16-11-8-10(13)12-9-2-4-15-5-3-9/h9,11H,2-8H2,1H3,(H,12,13). The fraction of sp³-hybridized carbons (Fsp3) is 0.900. The summed E-state index contributed by atoms with van der Waals surface area (Å²) in [6.07, 6.45) is 1.77. The van der Waals surface area contributed by atoms with Gasteiger partial charge in [-0.15, -0.1) is 0 Å². The number of nitrogens with one attached hydrogen (secondary N) is 2. The number of hydrogen-bond donors (Lipinski definition) is 2. The van der Waals surface area contributed by atoms with Gasteiger partial charge >= 0.3 is 0 Å². The fourth-order valence-electron chi connectivity index (χ4n) is 1.43. The van der Waals surface area contributed by atoms with E-state index in [0.29, 0.717) is 13.2 Å². The minimum Gasteiger partial charge on any atom is -0.382 e. The number of ether oxygens (including phenoxy) is 2. The average Bonchev–Trinajstić information content (AvgIpc) is 2.30. The molecule has 1 amide bonds. The van der Waals surface area contributed by atoms with Crippen LogP contribution in [0.2, 0.25) is 0 Å². The fourth-order valence-corrected chi connectivity index (χ4v) is 1.43. The van der Waals surface area contributed by atoms with Crippen molar-refractivity contribution in [1.82, 2.24) is 10.8 Å². The van der Waals surface area contributed by atoms with Crippen LogP contribution in [0.3, 0.4) is 0 Å². The summed E-state index contributed by atoms with van der Waals surface area (Å²) in [5, 5.41) is 2.92.